The number of hydrogen-bond donors (Lipinski definition) is 1. The van der Waals surface area contributed by atoms with Crippen LogP contribution in [0.5, 0.6) is 0 Å². The first-order valence-corrected chi connectivity index (χ1v) is 10.2. The molecule has 0 aliphatic carbocycles. The van der Waals surface area contributed by atoms with Crippen LogP contribution in [0.15, 0.2) is 48.7 Å². The van der Waals surface area contributed by atoms with Gasteiger partial charge in [0.2, 0.25) is 11.9 Å². The molecule has 1 N–H and O–H groups in total. The molecule has 3 heterocycles. The van der Waals surface area contributed by atoms with E-state index in [4.69, 9.17) is 11.6 Å². The average molecular weight is 398 g/mol. The van der Waals surface area contributed by atoms with Crippen molar-refractivity contribution >= 4 is 29.1 Å². The standard InChI is InChI=1S/C21H24ClN5O/c22-17-9-10-19-24-25-21(27(19)15-17)26-13-11-18(12-14-26)23-20(28)8-4-7-16-5-2-1-3-6-16/h1-3,5-6,9-10,15,18H,4,7-8,11-14H2,(H,23,28). The number of amides is 1. The first kappa shape index (κ1) is 18.7. The highest BCUT2D eigenvalue weighted by Crippen LogP contribution is 2.21. The molecule has 0 saturated carbocycles. The molecule has 0 bridgehead atoms. The third-order valence-corrected chi connectivity index (χ3v) is 5.43. The molecule has 28 heavy (non-hydrogen) atoms. The molecular formula is C21H24ClN5O. The largest absolute Gasteiger partial charge is 0.353 e. The van der Waals surface area contributed by atoms with E-state index in [0.717, 1.165) is 50.4 Å². The maximum Gasteiger partial charge on any atom is 0.231 e. The normalized spacial score (nSPS) is 15.1. The van der Waals surface area contributed by atoms with Crippen molar-refractivity contribution in [3.63, 3.8) is 0 Å². The predicted octanol–water partition coefficient (Wildman–Crippen LogP) is 3.49. The molecule has 0 unspecified atom stereocenters. The molecule has 146 valence electrons. The lowest BCUT2D eigenvalue weighted by molar-refractivity contribution is -0.122. The lowest BCUT2D eigenvalue weighted by Gasteiger charge is -2.32. The number of aromatic nitrogens is 3. The summed E-state index contributed by atoms with van der Waals surface area (Å²) in [5.41, 5.74) is 2.07. The van der Waals surface area contributed by atoms with Gasteiger partial charge in [0.05, 0.1) is 5.02 Å². The molecule has 7 heteroatoms. The summed E-state index contributed by atoms with van der Waals surface area (Å²) in [4.78, 5) is 14.5. The Bertz CT molecular complexity index is 934. The van der Waals surface area contributed by atoms with Crippen molar-refractivity contribution in [2.24, 2.45) is 0 Å². The number of pyridine rings is 1. The lowest BCUT2D eigenvalue weighted by atomic mass is 10.0. The fourth-order valence-electron chi connectivity index (χ4n) is 3.69. The van der Waals surface area contributed by atoms with Crippen LogP contribution in [0.2, 0.25) is 5.02 Å². The van der Waals surface area contributed by atoms with E-state index in [1.54, 1.807) is 0 Å². The number of piperidine rings is 1. The molecule has 2 aromatic heterocycles. The fourth-order valence-corrected chi connectivity index (χ4v) is 3.85. The first-order valence-electron chi connectivity index (χ1n) is 9.77. The third-order valence-electron chi connectivity index (χ3n) is 5.20. The van der Waals surface area contributed by atoms with Gasteiger partial charge in [-0.1, -0.05) is 41.9 Å². The van der Waals surface area contributed by atoms with Crippen LogP contribution in [-0.2, 0) is 11.2 Å². The number of benzene rings is 1. The summed E-state index contributed by atoms with van der Waals surface area (Å²) in [6, 6.07) is 14.2. The second-order valence-electron chi connectivity index (χ2n) is 7.24. The van der Waals surface area contributed by atoms with Crippen LogP contribution in [-0.4, -0.2) is 39.6 Å². The van der Waals surface area contributed by atoms with Gasteiger partial charge in [0, 0.05) is 31.7 Å². The highest BCUT2D eigenvalue weighted by atomic mass is 35.5. The first-order chi connectivity index (χ1) is 13.7. The van der Waals surface area contributed by atoms with Crippen LogP contribution >= 0.6 is 11.6 Å². The van der Waals surface area contributed by atoms with E-state index < -0.39 is 0 Å². The van der Waals surface area contributed by atoms with Gasteiger partial charge in [0.15, 0.2) is 5.65 Å². The molecule has 1 aliphatic heterocycles. The zero-order chi connectivity index (χ0) is 19.3. The number of halogens is 1. The predicted molar refractivity (Wildman–Crippen MR) is 111 cm³/mol. The molecule has 1 aromatic carbocycles. The van der Waals surface area contributed by atoms with Crippen molar-refractivity contribution in [1.29, 1.82) is 0 Å². The molecule has 1 aliphatic rings. The van der Waals surface area contributed by atoms with Gasteiger partial charge in [-0.25, -0.2) is 0 Å². The minimum absolute atomic E-state index is 0.147. The Morgan fingerprint density at radius 3 is 2.68 bits per heavy atom. The minimum Gasteiger partial charge on any atom is -0.353 e. The van der Waals surface area contributed by atoms with E-state index in [0.29, 0.717) is 11.4 Å². The number of nitrogens with one attached hydrogen (secondary N) is 1. The van der Waals surface area contributed by atoms with Crippen LogP contribution < -0.4 is 10.2 Å². The number of rotatable bonds is 6. The van der Waals surface area contributed by atoms with E-state index in [9.17, 15) is 4.79 Å². The summed E-state index contributed by atoms with van der Waals surface area (Å²) in [5.74, 6) is 0.958. The Hall–Kier alpha value is -2.60. The molecule has 0 spiro atoms. The Morgan fingerprint density at radius 2 is 1.89 bits per heavy atom. The van der Waals surface area contributed by atoms with E-state index >= 15 is 0 Å². The quantitative estimate of drug-likeness (QED) is 0.691. The molecule has 6 nitrogen and oxygen atoms in total. The third kappa shape index (κ3) is 4.44. The molecule has 1 saturated heterocycles. The SMILES string of the molecule is O=C(CCCc1ccccc1)NC1CCN(c2nnc3ccc(Cl)cn23)CC1. The van der Waals surface area contributed by atoms with Crippen LogP contribution in [0.25, 0.3) is 5.65 Å². The highest BCUT2D eigenvalue weighted by Gasteiger charge is 2.23. The maximum atomic E-state index is 12.3. The Balaban J connectivity index is 1.25. The summed E-state index contributed by atoms with van der Waals surface area (Å²) >= 11 is 6.11. The van der Waals surface area contributed by atoms with Gasteiger partial charge in [0.1, 0.15) is 0 Å². The zero-order valence-corrected chi connectivity index (χ0v) is 16.5. The van der Waals surface area contributed by atoms with E-state index in [-0.39, 0.29) is 11.9 Å². The van der Waals surface area contributed by atoms with E-state index in [2.05, 4.69) is 32.5 Å². The zero-order valence-electron chi connectivity index (χ0n) is 15.7. The van der Waals surface area contributed by atoms with Crippen molar-refractivity contribution in [2.75, 3.05) is 18.0 Å². The van der Waals surface area contributed by atoms with Gasteiger partial charge in [-0.3, -0.25) is 9.20 Å². The number of nitrogens with zero attached hydrogens (tertiary/aromatic N) is 4. The molecule has 1 fully saturated rings. The van der Waals surface area contributed by atoms with Crippen molar-refractivity contribution in [3.8, 4) is 0 Å². The van der Waals surface area contributed by atoms with Crippen LogP contribution in [0, 0.1) is 0 Å². The molecule has 0 atom stereocenters. The van der Waals surface area contributed by atoms with Gasteiger partial charge in [-0.05, 0) is 43.4 Å². The Kier molecular flexibility index (Phi) is 5.76. The summed E-state index contributed by atoms with van der Waals surface area (Å²) in [6.07, 6.45) is 6.03. The highest BCUT2D eigenvalue weighted by molar-refractivity contribution is 6.30. The van der Waals surface area contributed by atoms with E-state index in [1.165, 1.54) is 5.56 Å². The molecular weight excluding hydrogens is 374 g/mol. The molecule has 3 aromatic rings. The Morgan fingerprint density at radius 1 is 1.11 bits per heavy atom. The number of carbonyl (C=O) groups excluding carboxylic acids is 1. The fraction of sp³-hybridized carbons (Fsp3) is 0.381. The van der Waals surface area contributed by atoms with Crippen LogP contribution in [0.4, 0.5) is 5.95 Å². The minimum atomic E-state index is 0.147. The number of anilines is 1. The number of hydrogen-bond acceptors (Lipinski definition) is 4. The van der Waals surface area contributed by atoms with Crippen molar-refractivity contribution in [3.05, 3.63) is 59.2 Å². The number of fused-ring (bicyclic) bond motifs is 1. The van der Waals surface area contributed by atoms with Gasteiger partial charge >= 0.3 is 0 Å². The Labute approximate surface area is 169 Å². The second kappa shape index (κ2) is 8.61. The van der Waals surface area contributed by atoms with Gasteiger partial charge in [-0.2, -0.15) is 0 Å². The second-order valence-corrected chi connectivity index (χ2v) is 7.68. The molecule has 0 radical (unpaired) electrons. The number of aryl methyl sites for hydroxylation is 1. The summed E-state index contributed by atoms with van der Waals surface area (Å²) < 4.78 is 1.92. The smallest absolute Gasteiger partial charge is 0.231 e. The summed E-state index contributed by atoms with van der Waals surface area (Å²) in [6.45, 7) is 1.67. The maximum absolute atomic E-state index is 12.3. The topological polar surface area (TPSA) is 62.5 Å². The number of carbonyl (C=O) groups is 1. The van der Waals surface area contributed by atoms with Crippen molar-refractivity contribution in [1.82, 2.24) is 19.9 Å². The summed E-state index contributed by atoms with van der Waals surface area (Å²) in [5, 5.41) is 12.4. The van der Waals surface area contributed by atoms with Gasteiger partial charge in [0.25, 0.3) is 0 Å². The lowest BCUT2D eigenvalue weighted by Crippen LogP contribution is -2.45. The van der Waals surface area contributed by atoms with Crippen LogP contribution in [0.1, 0.15) is 31.2 Å². The van der Waals surface area contributed by atoms with E-state index in [1.807, 2.05) is 40.9 Å². The van der Waals surface area contributed by atoms with Crippen molar-refractivity contribution < 1.29 is 4.79 Å². The van der Waals surface area contributed by atoms with Gasteiger partial charge in [-0.15, -0.1) is 10.2 Å². The van der Waals surface area contributed by atoms with Gasteiger partial charge < -0.3 is 10.2 Å². The molecule has 1 amide bonds. The average Bonchev–Trinajstić information content (AvgIpc) is 3.12. The monoisotopic (exact) mass is 397 g/mol. The van der Waals surface area contributed by atoms with Crippen molar-refractivity contribution in [2.45, 2.75) is 38.1 Å². The van der Waals surface area contributed by atoms with Crippen LogP contribution in [0.3, 0.4) is 0 Å². The summed E-state index contributed by atoms with van der Waals surface area (Å²) in [7, 11) is 0. The molecule has 4 rings (SSSR count).